The number of carboxylic acids is 1. The molecule has 172 valence electrons. The largest absolute Gasteiger partial charge is 0.480 e. The molecule has 3 amide bonds. The molecule has 0 spiro atoms. The Morgan fingerprint density at radius 2 is 1.61 bits per heavy atom. The van der Waals surface area contributed by atoms with Gasteiger partial charge in [0.2, 0.25) is 17.7 Å². The highest BCUT2D eigenvalue weighted by molar-refractivity contribution is 7.80. The van der Waals surface area contributed by atoms with Gasteiger partial charge in [0.1, 0.15) is 18.6 Å². The average Bonchev–Trinajstić information content (AvgIpc) is 2.75. The quantitative estimate of drug-likeness (QED) is 0.136. The van der Waals surface area contributed by atoms with Crippen LogP contribution < -0.4 is 27.4 Å². The number of aliphatic carboxylic acids is 1. The van der Waals surface area contributed by atoms with E-state index in [-0.39, 0.29) is 12.2 Å². The number of unbranched alkanes of at least 4 members (excludes halogenated alkanes) is 1. The van der Waals surface area contributed by atoms with Crippen molar-refractivity contribution in [1.29, 1.82) is 0 Å². The lowest BCUT2D eigenvalue weighted by atomic mass is 10.1. The summed E-state index contributed by atoms with van der Waals surface area (Å²) in [4.78, 5) is 48.0. The minimum atomic E-state index is -1.20. The summed E-state index contributed by atoms with van der Waals surface area (Å²) in [5.74, 6) is -2.97. The van der Waals surface area contributed by atoms with E-state index in [1.165, 1.54) is 0 Å². The van der Waals surface area contributed by atoms with Crippen LogP contribution in [0, 0.1) is 0 Å². The first-order chi connectivity index (χ1) is 14.8. The SMILES string of the molecule is NCCCCC(NC(=O)C(CS)NC(=O)C(N)Cc1ccccc1)C(=O)NCC(=O)O. The molecule has 0 aliphatic carbocycles. The van der Waals surface area contributed by atoms with Crippen molar-refractivity contribution in [3.05, 3.63) is 35.9 Å². The zero-order valence-corrected chi connectivity index (χ0v) is 18.1. The Balaban J connectivity index is 2.70. The van der Waals surface area contributed by atoms with Crippen LogP contribution in [0.25, 0.3) is 0 Å². The van der Waals surface area contributed by atoms with Gasteiger partial charge in [-0.25, -0.2) is 0 Å². The highest BCUT2D eigenvalue weighted by atomic mass is 32.1. The van der Waals surface area contributed by atoms with Gasteiger partial charge in [-0.15, -0.1) is 0 Å². The Morgan fingerprint density at radius 1 is 0.968 bits per heavy atom. The lowest BCUT2D eigenvalue weighted by molar-refractivity contribution is -0.138. The van der Waals surface area contributed by atoms with Gasteiger partial charge in [-0.05, 0) is 37.8 Å². The Labute approximate surface area is 186 Å². The molecule has 0 saturated carbocycles. The van der Waals surface area contributed by atoms with Gasteiger partial charge in [-0.2, -0.15) is 12.6 Å². The number of carbonyl (C=O) groups excluding carboxylic acids is 3. The molecule has 8 N–H and O–H groups in total. The molecule has 0 saturated heterocycles. The summed E-state index contributed by atoms with van der Waals surface area (Å²) in [6.07, 6.45) is 1.77. The van der Waals surface area contributed by atoms with Crippen LogP contribution >= 0.6 is 12.6 Å². The van der Waals surface area contributed by atoms with Crippen LogP contribution in [0.2, 0.25) is 0 Å². The van der Waals surface area contributed by atoms with Crippen LogP contribution in [0.5, 0.6) is 0 Å². The standard InChI is InChI=1S/C20H31N5O5S/c21-9-5-4-8-15(19(29)23-11-17(26)27)24-20(30)16(12-31)25-18(28)14(22)10-13-6-2-1-3-7-13/h1-3,6-7,14-16,31H,4-5,8-12,21-22H2,(H,23,29)(H,24,30)(H,25,28)(H,26,27). The number of carbonyl (C=O) groups is 4. The third-order valence-electron chi connectivity index (χ3n) is 4.44. The smallest absolute Gasteiger partial charge is 0.322 e. The molecule has 1 rings (SSSR count). The van der Waals surface area contributed by atoms with E-state index in [0.29, 0.717) is 25.8 Å². The molecular formula is C20H31N5O5S. The third kappa shape index (κ3) is 10.3. The molecule has 11 heteroatoms. The van der Waals surface area contributed by atoms with Gasteiger partial charge in [0.15, 0.2) is 0 Å². The Kier molecular flexibility index (Phi) is 12.3. The molecule has 1 aromatic rings. The summed E-state index contributed by atoms with van der Waals surface area (Å²) in [5, 5.41) is 16.1. The topological polar surface area (TPSA) is 177 Å². The maximum absolute atomic E-state index is 12.6. The molecule has 0 fully saturated rings. The number of amides is 3. The van der Waals surface area contributed by atoms with Crippen molar-refractivity contribution < 1.29 is 24.3 Å². The number of thiol groups is 1. The number of carboxylic acid groups (broad SMARTS) is 1. The number of hydrogen-bond donors (Lipinski definition) is 7. The summed E-state index contributed by atoms with van der Waals surface area (Å²) < 4.78 is 0. The fourth-order valence-electron chi connectivity index (χ4n) is 2.75. The fourth-order valence-corrected chi connectivity index (χ4v) is 3.01. The molecule has 0 bridgehead atoms. The van der Waals surface area contributed by atoms with E-state index < -0.39 is 48.4 Å². The van der Waals surface area contributed by atoms with Gasteiger partial charge in [-0.3, -0.25) is 19.2 Å². The molecule has 0 aliphatic rings. The van der Waals surface area contributed by atoms with Gasteiger partial charge in [0.25, 0.3) is 0 Å². The highest BCUT2D eigenvalue weighted by Crippen LogP contribution is 2.04. The lowest BCUT2D eigenvalue weighted by Crippen LogP contribution is -2.56. The normalized spacial score (nSPS) is 13.5. The summed E-state index contributed by atoms with van der Waals surface area (Å²) in [5.41, 5.74) is 12.3. The van der Waals surface area contributed by atoms with E-state index in [0.717, 1.165) is 5.56 Å². The predicted molar refractivity (Wildman–Crippen MR) is 119 cm³/mol. The van der Waals surface area contributed by atoms with Crippen LogP contribution in [-0.4, -0.2) is 65.8 Å². The van der Waals surface area contributed by atoms with Crippen molar-refractivity contribution in [2.45, 2.75) is 43.8 Å². The second-order valence-corrected chi connectivity index (χ2v) is 7.36. The van der Waals surface area contributed by atoms with Gasteiger partial charge >= 0.3 is 5.97 Å². The van der Waals surface area contributed by atoms with Crippen LogP contribution in [0.15, 0.2) is 30.3 Å². The number of hydrogen-bond acceptors (Lipinski definition) is 7. The first kappa shape index (κ1) is 26.4. The Bertz CT molecular complexity index is 734. The molecule has 31 heavy (non-hydrogen) atoms. The molecular weight excluding hydrogens is 422 g/mol. The summed E-state index contributed by atoms with van der Waals surface area (Å²) in [6, 6.07) is 6.38. The number of rotatable bonds is 14. The van der Waals surface area contributed by atoms with Gasteiger partial charge in [0.05, 0.1) is 6.04 Å². The predicted octanol–water partition coefficient (Wildman–Crippen LogP) is -1.21. The number of benzene rings is 1. The van der Waals surface area contributed by atoms with E-state index in [1.54, 1.807) is 0 Å². The van der Waals surface area contributed by atoms with Gasteiger partial charge in [-0.1, -0.05) is 30.3 Å². The maximum Gasteiger partial charge on any atom is 0.322 e. The lowest BCUT2D eigenvalue weighted by Gasteiger charge is -2.23. The van der Waals surface area contributed by atoms with E-state index in [2.05, 4.69) is 28.6 Å². The molecule has 10 nitrogen and oxygen atoms in total. The second kappa shape index (κ2) is 14.4. The molecule has 3 atom stereocenters. The zero-order valence-electron chi connectivity index (χ0n) is 17.3. The van der Waals surface area contributed by atoms with E-state index in [9.17, 15) is 19.2 Å². The van der Waals surface area contributed by atoms with Crippen LogP contribution in [-0.2, 0) is 25.6 Å². The second-order valence-electron chi connectivity index (χ2n) is 7.00. The third-order valence-corrected chi connectivity index (χ3v) is 4.81. The minimum Gasteiger partial charge on any atom is -0.480 e. The molecule has 0 heterocycles. The minimum absolute atomic E-state index is 0.0120. The molecule has 1 aromatic carbocycles. The monoisotopic (exact) mass is 453 g/mol. The van der Waals surface area contributed by atoms with Crippen molar-refractivity contribution in [2.75, 3.05) is 18.8 Å². The van der Waals surface area contributed by atoms with Crippen molar-refractivity contribution in [3.8, 4) is 0 Å². The first-order valence-corrected chi connectivity index (χ1v) is 10.6. The molecule has 0 radical (unpaired) electrons. The fraction of sp³-hybridized carbons (Fsp3) is 0.500. The van der Waals surface area contributed by atoms with Crippen molar-refractivity contribution in [2.24, 2.45) is 11.5 Å². The number of nitrogens with one attached hydrogen (secondary N) is 3. The zero-order chi connectivity index (χ0) is 23.2. The molecule has 0 aromatic heterocycles. The van der Waals surface area contributed by atoms with Crippen molar-refractivity contribution >= 4 is 36.3 Å². The van der Waals surface area contributed by atoms with Gasteiger partial charge in [0, 0.05) is 5.75 Å². The Morgan fingerprint density at radius 3 is 2.19 bits per heavy atom. The molecule has 3 unspecified atom stereocenters. The van der Waals surface area contributed by atoms with E-state index in [1.807, 2.05) is 30.3 Å². The van der Waals surface area contributed by atoms with E-state index in [4.69, 9.17) is 16.6 Å². The Hall–Kier alpha value is -2.63. The van der Waals surface area contributed by atoms with Crippen molar-refractivity contribution in [3.63, 3.8) is 0 Å². The summed E-state index contributed by atoms with van der Waals surface area (Å²) in [6.45, 7) is -0.144. The van der Waals surface area contributed by atoms with E-state index >= 15 is 0 Å². The maximum atomic E-state index is 12.6. The van der Waals surface area contributed by atoms with Crippen LogP contribution in [0.3, 0.4) is 0 Å². The highest BCUT2D eigenvalue weighted by Gasteiger charge is 2.27. The van der Waals surface area contributed by atoms with Gasteiger partial charge < -0.3 is 32.5 Å². The van der Waals surface area contributed by atoms with Crippen LogP contribution in [0.1, 0.15) is 24.8 Å². The van der Waals surface area contributed by atoms with Crippen LogP contribution in [0.4, 0.5) is 0 Å². The number of nitrogens with two attached hydrogens (primary N) is 2. The summed E-state index contributed by atoms with van der Waals surface area (Å²) in [7, 11) is 0. The average molecular weight is 454 g/mol. The van der Waals surface area contributed by atoms with Crippen molar-refractivity contribution in [1.82, 2.24) is 16.0 Å². The first-order valence-electron chi connectivity index (χ1n) is 9.99. The summed E-state index contributed by atoms with van der Waals surface area (Å²) >= 11 is 4.11. The molecule has 0 aliphatic heterocycles.